The fourth-order valence-corrected chi connectivity index (χ4v) is 5.17. The van der Waals surface area contributed by atoms with Crippen LogP contribution in [-0.4, -0.2) is 5.78 Å². The third kappa shape index (κ3) is 4.19. The number of nitrogens with zero attached hydrogens (tertiary/aromatic N) is 1. The number of allylic oxidation sites excluding steroid dienone is 3. The molecule has 34 heavy (non-hydrogen) atoms. The van der Waals surface area contributed by atoms with Crippen LogP contribution in [0.2, 0.25) is 0 Å². The summed E-state index contributed by atoms with van der Waals surface area (Å²) in [7, 11) is 0. The highest BCUT2D eigenvalue weighted by atomic mass is 19.1. The molecule has 0 spiro atoms. The van der Waals surface area contributed by atoms with E-state index in [2.05, 4.69) is 6.07 Å². The van der Waals surface area contributed by atoms with Gasteiger partial charge in [-0.05, 0) is 78.3 Å². The molecular weight excluding hydrogens is 431 g/mol. The molecule has 0 saturated heterocycles. The molecule has 0 aromatic heterocycles. The van der Waals surface area contributed by atoms with E-state index in [-0.39, 0.29) is 35.1 Å². The van der Waals surface area contributed by atoms with Crippen molar-refractivity contribution in [2.24, 2.45) is 11.1 Å². The van der Waals surface area contributed by atoms with Crippen molar-refractivity contribution in [1.29, 1.82) is 5.26 Å². The lowest BCUT2D eigenvalue weighted by Crippen LogP contribution is -2.34. The van der Waals surface area contributed by atoms with E-state index in [0.717, 1.165) is 27.8 Å². The van der Waals surface area contributed by atoms with Gasteiger partial charge in [-0.2, -0.15) is 5.26 Å². The van der Waals surface area contributed by atoms with Gasteiger partial charge in [-0.15, -0.1) is 0 Å². The lowest BCUT2D eigenvalue weighted by Gasteiger charge is -2.38. The molecule has 0 fully saturated rings. The van der Waals surface area contributed by atoms with Crippen LogP contribution in [0.15, 0.2) is 53.1 Å². The van der Waals surface area contributed by atoms with Crippen LogP contribution in [0.25, 0.3) is 0 Å². The number of carbonyl (C=O) groups is 1. The third-order valence-electron chi connectivity index (χ3n) is 6.75. The summed E-state index contributed by atoms with van der Waals surface area (Å²) >= 11 is 0. The average molecular weight is 461 g/mol. The Hall–Kier alpha value is -3.59. The van der Waals surface area contributed by atoms with Crippen LogP contribution in [0.3, 0.4) is 0 Å². The Balaban J connectivity index is 1.83. The quantitative estimate of drug-likeness (QED) is 0.625. The summed E-state index contributed by atoms with van der Waals surface area (Å²) in [6.45, 7) is 10.3. The summed E-state index contributed by atoms with van der Waals surface area (Å²) in [5, 5.41) is 10.00. The number of ketones is 1. The normalized spacial score (nSPS) is 19.4. The van der Waals surface area contributed by atoms with Crippen molar-refractivity contribution in [3.05, 3.63) is 86.8 Å². The van der Waals surface area contributed by atoms with Gasteiger partial charge in [0.2, 0.25) is 5.88 Å². The Morgan fingerprint density at radius 1 is 1.18 bits per heavy atom. The van der Waals surface area contributed by atoms with Crippen molar-refractivity contribution in [3.63, 3.8) is 0 Å². The molecule has 2 N–H and O–H groups in total. The molecule has 176 valence electrons. The Kier molecular flexibility index (Phi) is 5.99. The smallest absolute Gasteiger partial charge is 0.205 e. The fourth-order valence-electron chi connectivity index (χ4n) is 5.17. The number of carbonyl (C=O) groups excluding carboxylic acids is 1. The zero-order valence-corrected chi connectivity index (χ0v) is 20.2. The maximum Gasteiger partial charge on any atom is 0.205 e. The minimum Gasteiger partial charge on any atom is -0.489 e. The van der Waals surface area contributed by atoms with Crippen molar-refractivity contribution >= 4 is 5.78 Å². The first-order chi connectivity index (χ1) is 16.0. The van der Waals surface area contributed by atoms with Gasteiger partial charge in [0.15, 0.2) is 5.78 Å². The number of hydrogen-bond acceptors (Lipinski definition) is 5. The average Bonchev–Trinajstić information content (AvgIpc) is 2.73. The van der Waals surface area contributed by atoms with E-state index in [4.69, 9.17) is 15.2 Å². The molecule has 0 radical (unpaired) electrons. The van der Waals surface area contributed by atoms with Crippen LogP contribution in [0.4, 0.5) is 4.39 Å². The van der Waals surface area contributed by atoms with Gasteiger partial charge >= 0.3 is 0 Å². The van der Waals surface area contributed by atoms with Crippen molar-refractivity contribution < 1.29 is 18.7 Å². The molecule has 4 rings (SSSR count). The molecule has 2 aliphatic rings. The zero-order valence-electron chi connectivity index (χ0n) is 20.2. The Labute approximate surface area is 199 Å². The first-order valence-electron chi connectivity index (χ1n) is 11.3. The molecule has 2 aromatic carbocycles. The summed E-state index contributed by atoms with van der Waals surface area (Å²) in [5.41, 5.74) is 11.5. The van der Waals surface area contributed by atoms with Crippen LogP contribution in [0.5, 0.6) is 5.75 Å². The van der Waals surface area contributed by atoms with Crippen LogP contribution >= 0.6 is 0 Å². The second kappa shape index (κ2) is 8.64. The van der Waals surface area contributed by atoms with Gasteiger partial charge in [-0.3, -0.25) is 4.79 Å². The first-order valence-corrected chi connectivity index (χ1v) is 11.3. The number of aryl methyl sites for hydroxylation is 2. The number of halogens is 1. The standard InChI is InChI=1S/C28H29FN2O3/c1-15-10-16(2)24(17(3)21(15)14-33-19-8-6-18(29)7-9-19)25-20(13-30)27(31)34-23-12-28(4,5)11-22(32)26(23)25/h6-10,25H,11-12,14,31H2,1-5H3/t25-/m1/s1. The van der Waals surface area contributed by atoms with Gasteiger partial charge in [0.1, 0.15) is 35.6 Å². The molecule has 0 amide bonds. The summed E-state index contributed by atoms with van der Waals surface area (Å²) in [5.74, 6) is 0.258. The molecule has 2 aromatic rings. The maximum atomic E-state index is 13.3. The summed E-state index contributed by atoms with van der Waals surface area (Å²) in [6.07, 6.45) is 0.962. The number of ether oxygens (including phenoxy) is 2. The van der Waals surface area contributed by atoms with E-state index in [9.17, 15) is 14.4 Å². The molecule has 1 heterocycles. The Morgan fingerprint density at radius 3 is 2.50 bits per heavy atom. The minimum absolute atomic E-state index is 0.0139. The third-order valence-corrected chi connectivity index (χ3v) is 6.75. The van der Waals surface area contributed by atoms with Crippen LogP contribution in [0, 0.1) is 43.3 Å². The summed E-state index contributed by atoms with van der Waals surface area (Å²) in [4.78, 5) is 13.3. The second-order valence-electron chi connectivity index (χ2n) is 9.97. The zero-order chi connectivity index (χ0) is 24.8. The van der Waals surface area contributed by atoms with Gasteiger partial charge < -0.3 is 15.2 Å². The number of Topliss-reactive ketones (excluding diaryl/α,β-unsaturated/α-hetero) is 1. The second-order valence-corrected chi connectivity index (χ2v) is 9.97. The van der Waals surface area contributed by atoms with E-state index in [0.29, 0.717) is 29.9 Å². The molecule has 5 nitrogen and oxygen atoms in total. The monoisotopic (exact) mass is 460 g/mol. The molecule has 0 unspecified atom stereocenters. The highest BCUT2D eigenvalue weighted by molar-refractivity contribution is 6.00. The predicted octanol–water partition coefficient (Wildman–Crippen LogP) is 5.78. The van der Waals surface area contributed by atoms with Gasteiger partial charge in [-0.25, -0.2) is 4.39 Å². The number of hydrogen-bond donors (Lipinski definition) is 1. The number of nitriles is 1. The van der Waals surface area contributed by atoms with Gasteiger partial charge in [0.25, 0.3) is 0 Å². The van der Waals surface area contributed by atoms with Crippen molar-refractivity contribution in [1.82, 2.24) is 0 Å². The highest BCUT2D eigenvalue weighted by Gasteiger charge is 2.44. The van der Waals surface area contributed by atoms with Gasteiger partial charge in [0, 0.05) is 18.4 Å². The topological polar surface area (TPSA) is 85.3 Å². The molecule has 1 aliphatic carbocycles. The molecule has 1 aliphatic heterocycles. The van der Waals surface area contributed by atoms with E-state index in [1.165, 1.54) is 12.1 Å². The van der Waals surface area contributed by atoms with E-state index in [1.807, 2.05) is 40.7 Å². The van der Waals surface area contributed by atoms with Crippen molar-refractivity contribution in [2.45, 2.75) is 60.0 Å². The molecule has 0 bridgehead atoms. The number of rotatable bonds is 4. The largest absolute Gasteiger partial charge is 0.489 e. The van der Waals surface area contributed by atoms with Crippen LogP contribution < -0.4 is 10.5 Å². The van der Waals surface area contributed by atoms with E-state index in [1.54, 1.807) is 12.1 Å². The molecule has 6 heteroatoms. The molecule has 0 saturated carbocycles. The maximum absolute atomic E-state index is 13.3. The van der Waals surface area contributed by atoms with Crippen molar-refractivity contribution in [2.75, 3.05) is 0 Å². The minimum atomic E-state index is -0.581. The summed E-state index contributed by atoms with van der Waals surface area (Å²) in [6, 6.07) is 10.1. The number of nitrogens with two attached hydrogens (primary N) is 1. The SMILES string of the molecule is Cc1cc(C)c([C@H]2C(C#N)=C(N)OC3=C2C(=O)CC(C)(C)C3)c(C)c1COc1ccc(F)cc1. The number of benzene rings is 2. The van der Waals surface area contributed by atoms with E-state index < -0.39 is 5.92 Å². The van der Waals surface area contributed by atoms with Crippen molar-refractivity contribution in [3.8, 4) is 11.8 Å². The van der Waals surface area contributed by atoms with Gasteiger partial charge in [0.05, 0.1) is 5.92 Å². The lowest BCUT2D eigenvalue weighted by molar-refractivity contribution is -0.119. The van der Waals surface area contributed by atoms with Gasteiger partial charge in [-0.1, -0.05) is 19.9 Å². The van der Waals surface area contributed by atoms with Crippen LogP contribution in [0.1, 0.15) is 60.4 Å². The van der Waals surface area contributed by atoms with Crippen LogP contribution in [-0.2, 0) is 16.1 Å². The molecule has 1 atom stereocenters. The highest BCUT2D eigenvalue weighted by Crippen LogP contribution is 2.49. The fraction of sp³-hybridized carbons (Fsp3) is 0.357. The predicted molar refractivity (Wildman–Crippen MR) is 127 cm³/mol. The Morgan fingerprint density at radius 2 is 1.85 bits per heavy atom. The summed E-state index contributed by atoms with van der Waals surface area (Å²) < 4.78 is 25.0. The Bertz CT molecular complexity index is 1280. The lowest BCUT2D eigenvalue weighted by atomic mass is 9.69. The first kappa shape index (κ1) is 23.6. The van der Waals surface area contributed by atoms with E-state index >= 15 is 0 Å². The molecular formula is C28H29FN2O3.